The fourth-order valence-electron chi connectivity index (χ4n) is 1.71. The highest BCUT2D eigenvalue weighted by molar-refractivity contribution is 9.10. The molecule has 3 heterocycles. The van der Waals surface area contributed by atoms with Gasteiger partial charge in [0.1, 0.15) is 4.60 Å². The van der Waals surface area contributed by atoms with Crippen LogP contribution in [-0.4, -0.2) is 20.7 Å². The van der Waals surface area contributed by atoms with Gasteiger partial charge in [0.25, 0.3) is 0 Å². The molecule has 0 saturated carbocycles. The number of halogens is 2. The molecule has 0 radical (unpaired) electrons. The lowest BCUT2D eigenvalue weighted by atomic mass is 10.1. The second-order valence-corrected chi connectivity index (χ2v) is 4.66. The Hall–Kier alpha value is -1.33. The molecule has 0 atom stereocenters. The highest BCUT2D eigenvalue weighted by atomic mass is 79.9. The van der Waals surface area contributed by atoms with Gasteiger partial charge in [-0.15, -0.1) is 0 Å². The molecule has 6 heteroatoms. The summed E-state index contributed by atoms with van der Waals surface area (Å²) in [5, 5.41) is 0.252. The number of rotatable bonds is 1. The van der Waals surface area contributed by atoms with Gasteiger partial charge in [0.05, 0.1) is 23.6 Å². The van der Waals surface area contributed by atoms with Gasteiger partial charge in [-0.2, -0.15) is 0 Å². The monoisotopic (exact) mass is 308 g/mol. The molecule has 1 aliphatic rings. The average molecular weight is 310 g/mol. The SMILES string of the molecule is Clc1ncc2c(n1)CN=C2c1cccc(Br)n1. The number of fused-ring (bicyclic) bond motifs is 1. The molecule has 0 unspecified atom stereocenters. The van der Waals surface area contributed by atoms with E-state index in [2.05, 4.69) is 35.9 Å². The zero-order chi connectivity index (χ0) is 11.8. The second-order valence-electron chi connectivity index (χ2n) is 3.51. The molecule has 0 aliphatic carbocycles. The summed E-state index contributed by atoms with van der Waals surface area (Å²) < 4.78 is 0.779. The van der Waals surface area contributed by atoms with Crippen LogP contribution in [0.5, 0.6) is 0 Å². The lowest BCUT2D eigenvalue weighted by Crippen LogP contribution is -2.05. The first-order valence-corrected chi connectivity index (χ1v) is 6.10. The van der Waals surface area contributed by atoms with E-state index in [0.29, 0.717) is 6.54 Å². The van der Waals surface area contributed by atoms with Crippen molar-refractivity contribution in [1.29, 1.82) is 0 Å². The quantitative estimate of drug-likeness (QED) is 0.601. The van der Waals surface area contributed by atoms with E-state index in [4.69, 9.17) is 11.6 Å². The number of hydrogen-bond acceptors (Lipinski definition) is 4. The van der Waals surface area contributed by atoms with E-state index >= 15 is 0 Å². The predicted molar refractivity (Wildman–Crippen MR) is 68.3 cm³/mol. The molecule has 0 N–H and O–H groups in total. The van der Waals surface area contributed by atoms with Crippen molar-refractivity contribution in [2.45, 2.75) is 6.54 Å². The molecule has 17 heavy (non-hydrogen) atoms. The van der Waals surface area contributed by atoms with Crippen molar-refractivity contribution in [1.82, 2.24) is 15.0 Å². The van der Waals surface area contributed by atoms with E-state index in [1.165, 1.54) is 0 Å². The fourth-order valence-corrected chi connectivity index (χ4v) is 2.20. The highest BCUT2D eigenvalue weighted by Crippen LogP contribution is 2.21. The summed E-state index contributed by atoms with van der Waals surface area (Å²) in [5.41, 5.74) is 3.38. The lowest BCUT2D eigenvalue weighted by molar-refractivity contribution is 0.993. The van der Waals surface area contributed by atoms with Crippen LogP contribution in [0.1, 0.15) is 17.0 Å². The van der Waals surface area contributed by atoms with Gasteiger partial charge in [-0.3, -0.25) is 4.99 Å². The van der Waals surface area contributed by atoms with Crippen molar-refractivity contribution in [3.05, 3.63) is 51.2 Å². The van der Waals surface area contributed by atoms with Crippen molar-refractivity contribution < 1.29 is 0 Å². The van der Waals surface area contributed by atoms with Gasteiger partial charge in [0.2, 0.25) is 5.28 Å². The van der Waals surface area contributed by atoms with E-state index in [1.54, 1.807) is 6.20 Å². The van der Waals surface area contributed by atoms with Crippen LogP contribution in [0.4, 0.5) is 0 Å². The summed E-state index contributed by atoms with van der Waals surface area (Å²) in [4.78, 5) is 16.9. The molecule has 84 valence electrons. The van der Waals surface area contributed by atoms with Crippen molar-refractivity contribution in [2.75, 3.05) is 0 Å². The highest BCUT2D eigenvalue weighted by Gasteiger charge is 2.20. The third-order valence-corrected chi connectivity index (χ3v) is 3.06. The summed E-state index contributed by atoms with van der Waals surface area (Å²) in [5.74, 6) is 0. The fraction of sp³-hybridized carbons (Fsp3) is 0.0909. The Morgan fingerprint density at radius 2 is 2.12 bits per heavy atom. The van der Waals surface area contributed by atoms with Crippen molar-refractivity contribution >= 4 is 33.2 Å². The summed E-state index contributed by atoms with van der Waals surface area (Å²) in [6.45, 7) is 0.529. The van der Waals surface area contributed by atoms with Crippen LogP contribution in [0, 0.1) is 0 Å². The first-order chi connectivity index (χ1) is 8.24. The largest absolute Gasteiger partial charge is 0.276 e. The van der Waals surface area contributed by atoms with Gasteiger partial charge >= 0.3 is 0 Å². The molecular weight excluding hydrogens is 304 g/mol. The zero-order valence-corrected chi connectivity index (χ0v) is 10.9. The molecule has 0 fully saturated rings. The van der Waals surface area contributed by atoms with E-state index in [-0.39, 0.29) is 5.28 Å². The van der Waals surface area contributed by atoms with Crippen LogP contribution in [0.25, 0.3) is 0 Å². The minimum Gasteiger partial charge on any atom is -0.276 e. The first kappa shape index (κ1) is 10.8. The number of pyridine rings is 1. The normalized spacial score (nSPS) is 13.4. The van der Waals surface area contributed by atoms with Crippen molar-refractivity contribution in [2.24, 2.45) is 4.99 Å². The third kappa shape index (κ3) is 1.96. The Morgan fingerprint density at radius 3 is 2.94 bits per heavy atom. The van der Waals surface area contributed by atoms with Crippen molar-refractivity contribution in [3.63, 3.8) is 0 Å². The maximum absolute atomic E-state index is 5.75. The van der Waals surface area contributed by atoms with Gasteiger partial charge in [-0.05, 0) is 39.7 Å². The molecule has 0 saturated heterocycles. The van der Waals surface area contributed by atoms with E-state index in [1.807, 2.05) is 18.2 Å². The van der Waals surface area contributed by atoms with Crippen LogP contribution >= 0.6 is 27.5 Å². The molecule has 2 aromatic heterocycles. The number of aliphatic imine (C=N–C) groups is 1. The van der Waals surface area contributed by atoms with E-state index < -0.39 is 0 Å². The molecule has 2 aromatic rings. The maximum atomic E-state index is 5.75. The second kappa shape index (κ2) is 4.16. The Kier molecular flexibility index (Phi) is 2.64. The van der Waals surface area contributed by atoms with E-state index in [9.17, 15) is 0 Å². The van der Waals surface area contributed by atoms with Crippen LogP contribution in [-0.2, 0) is 6.54 Å². The molecule has 0 spiro atoms. The Balaban J connectivity index is 2.09. The maximum Gasteiger partial charge on any atom is 0.222 e. The minimum atomic E-state index is 0.252. The molecule has 4 nitrogen and oxygen atoms in total. The summed E-state index contributed by atoms with van der Waals surface area (Å²) in [7, 11) is 0. The number of aromatic nitrogens is 3. The average Bonchev–Trinajstić information content (AvgIpc) is 2.71. The van der Waals surface area contributed by atoms with Gasteiger partial charge in [0, 0.05) is 11.8 Å². The first-order valence-electron chi connectivity index (χ1n) is 4.93. The molecular formula is C11H6BrClN4. The summed E-state index contributed by atoms with van der Waals surface area (Å²) in [6, 6.07) is 5.70. The smallest absolute Gasteiger partial charge is 0.222 e. The minimum absolute atomic E-state index is 0.252. The lowest BCUT2D eigenvalue weighted by Gasteiger charge is -2.02. The molecule has 0 aromatic carbocycles. The third-order valence-electron chi connectivity index (χ3n) is 2.44. The molecule has 1 aliphatic heterocycles. The van der Waals surface area contributed by atoms with E-state index in [0.717, 1.165) is 27.3 Å². The zero-order valence-electron chi connectivity index (χ0n) is 8.56. The van der Waals surface area contributed by atoms with Gasteiger partial charge in [-0.1, -0.05) is 6.07 Å². The Morgan fingerprint density at radius 1 is 1.24 bits per heavy atom. The van der Waals surface area contributed by atoms with Crippen LogP contribution < -0.4 is 0 Å². The molecule has 0 bridgehead atoms. The van der Waals surface area contributed by atoms with Crippen LogP contribution in [0.15, 0.2) is 34.0 Å². The number of hydrogen-bond donors (Lipinski definition) is 0. The predicted octanol–water partition coefficient (Wildman–Crippen LogP) is 2.64. The van der Waals surface area contributed by atoms with Crippen LogP contribution in [0.3, 0.4) is 0 Å². The Labute approximate surface area is 111 Å². The van der Waals surface area contributed by atoms with Crippen molar-refractivity contribution in [3.8, 4) is 0 Å². The number of nitrogens with zero attached hydrogens (tertiary/aromatic N) is 4. The van der Waals surface area contributed by atoms with Gasteiger partial charge in [0.15, 0.2) is 0 Å². The Bertz CT molecular complexity index is 627. The van der Waals surface area contributed by atoms with Gasteiger partial charge in [-0.25, -0.2) is 15.0 Å². The standard InChI is InChI=1S/C11H6BrClN4/c12-9-3-1-2-7(16-9)10-6-4-15-11(13)17-8(6)5-14-10/h1-4H,5H2. The molecule has 0 amide bonds. The van der Waals surface area contributed by atoms with Gasteiger partial charge < -0.3 is 0 Å². The molecule has 3 rings (SSSR count). The topological polar surface area (TPSA) is 51.0 Å². The summed E-state index contributed by atoms with van der Waals surface area (Å²) in [6.07, 6.45) is 1.69. The van der Waals surface area contributed by atoms with Crippen LogP contribution in [0.2, 0.25) is 5.28 Å². The summed E-state index contributed by atoms with van der Waals surface area (Å²) >= 11 is 9.09.